The first-order chi connectivity index (χ1) is 16.0. The molecule has 0 fully saturated rings. The van der Waals surface area contributed by atoms with Gasteiger partial charge in [-0.1, -0.05) is 41.9 Å². The Hall–Kier alpha value is -3.80. The van der Waals surface area contributed by atoms with Crippen LogP contribution in [0, 0.1) is 17.3 Å². The number of hydrogen-bond donors (Lipinski definition) is 1. The van der Waals surface area contributed by atoms with E-state index < -0.39 is 5.95 Å². The van der Waals surface area contributed by atoms with Gasteiger partial charge < -0.3 is 10.1 Å². The SMILES string of the molecule is COCCNc1nc(F)c(-c2nn(Cc3ccc(C#N)cc3)c(=O)c3ccccc23)cc1Cl. The molecule has 0 radical (unpaired) electrons. The predicted octanol–water partition coefficient (Wildman–Crippen LogP) is 4.23. The van der Waals surface area contributed by atoms with E-state index in [1.165, 1.54) is 10.7 Å². The molecule has 0 unspecified atom stereocenters. The Balaban J connectivity index is 1.82. The molecule has 2 aromatic carbocycles. The van der Waals surface area contributed by atoms with Crippen LogP contribution in [0.25, 0.3) is 22.0 Å². The molecule has 0 saturated heterocycles. The molecule has 1 N–H and O–H groups in total. The molecule has 2 aromatic heterocycles. The summed E-state index contributed by atoms with van der Waals surface area (Å²) in [6.45, 7) is 0.981. The van der Waals surface area contributed by atoms with E-state index in [1.807, 2.05) is 0 Å². The number of hydrogen-bond acceptors (Lipinski definition) is 6. The van der Waals surface area contributed by atoms with Crippen LogP contribution in [0.1, 0.15) is 11.1 Å². The van der Waals surface area contributed by atoms with Crippen LogP contribution in [0.3, 0.4) is 0 Å². The van der Waals surface area contributed by atoms with Crippen LogP contribution in [0.4, 0.5) is 10.2 Å². The molecule has 0 saturated carbocycles. The summed E-state index contributed by atoms with van der Waals surface area (Å²) in [6, 6.07) is 17.2. The molecule has 9 heteroatoms. The number of nitrogens with one attached hydrogen (secondary N) is 1. The first-order valence-electron chi connectivity index (χ1n) is 10.1. The number of benzene rings is 2. The zero-order valence-corrected chi connectivity index (χ0v) is 18.4. The third-order valence-electron chi connectivity index (χ3n) is 5.07. The lowest BCUT2D eigenvalue weighted by molar-refractivity contribution is 0.210. The Labute approximate surface area is 194 Å². The summed E-state index contributed by atoms with van der Waals surface area (Å²) < 4.78 is 21.3. The summed E-state index contributed by atoms with van der Waals surface area (Å²) in [5.74, 6) is -0.564. The van der Waals surface area contributed by atoms with E-state index in [1.54, 1.807) is 55.6 Å². The number of anilines is 1. The summed E-state index contributed by atoms with van der Waals surface area (Å²) in [6.07, 6.45) is 0. The van der Waals surface area contributed by atoms with Crippen molar-refractivity contribution < 1.29 is 9.13 Å². The fourth-order valence-corrected chi connectivity index (χ4v) is 3.65. The first-order valence-corrected chi connectivity index (χ1v) is 10.5. The monoisotopic (exact) mass is 463 g/mol. The molecule has 4 rings (SSSR count). The maximum absolute atomic E-state index is 15.1. The van der Waals surface area contributed by atoms with Gasteiger partial charge in [0.15, 0.2) is 0 Å². The highest BCUT2D eigenvalue weighted by Crippen LogP contribution is 2.31. The van der Waals surface area contributed by atoms with Gasteiger partial charge in [-0.25, -0.2) is 9.67 Å². The number of aromatic nitrogens is 3. The highest BCUT2D eigenvalue weighted by molar-refractivity contribution is 6.33. The second-order valence-electron chi connectivity index (χ2n) is 7.24. The predicted molar refractivity (Wildman–Crippen MR) is 125 cm³/mol. The van der Waals surface area contributed by atoms with Crippen molar-refractivity contribution >= 4 is 28.2 Å². The Morgan fingerprint density at radius 3 is 2.61 bits per heavy atom. The zero-order chi connectivity index (χ0) is 23.4. The Kier molecular flexibility index (Phi) is 6.63. The van der Waals surface area contributed by atoms with E-state index in [0.29, 0.717) is 29.5 Å². The Bertz CT molecular complexity index is 1410. The van der Waals surface area contributed by atoms with Gasteiger partial charge in [0.1, 0.15) is 11.5 Å². The zero-order valence-electron chi connectivity index (χ0n) is 17.7. The molecule has 33 heavy (non-hydrogen) atoms. The number of methoxy groups -OCH3 is 1. The summed E-state index contributed by atoms with van der Waals surface area (Å²) in [5, 5.41) is 17.5. The molecule has 0 atom stereocenters. The quantitative estimate of drug-likeness (QED) is 0.325. The second kappa shape index (κ2) is 9.77. The third kappa shape index (κ3) is 4.70. The van der Waals surface area contributed by atoms with E-state index in [2.05, 4.69) is 21.5 Å². The van der Waals surface area contributed by atoms with E-state index in [0.717, 1.165) is 5.56 Å². The van der Waals surface area contributed by atoms with Gasteiger partial charge in [0, 0.05) is 19.0 Å². The summed E-state index contributed by atoms with van der Waals surface area (Å²) >= 11 is 6.36. The highest BCUT2D eigenvalue weighted by Gasteiger charge is 2.18. The van der Waals surface area contributed by atoms with Crippen molar-refractivity contribution in [1.29, 1.82) is 5.26 Å². The molecule has 0 bridgehead atoms. The van der Waals surface area contributed by atoms with Crippen LogP contribution in [-0.4, -0.2) is 35.0 Å². The maximum Gasteiger partial charge on any atom is 0.274 e. The van der Waals surface area contributed by atoms with Crippen molar-refractivity contribution in [3.63, 3.8) is 0 Å². The molecule has 166 valence electrons. The highest BCUT2D eigenvalue weighted by atomic mass is 35.5. The molecule has 0 amide bonds. The lowest BCUT2D eigenvalue weighted by Crippen LogP contribution is -2.24. The normalized spacial score (nSPS) is 10.8. The van der Waals surface area contributed by atoms with Crippen molar-refractivity contribution in [3.8, 4) is 17.3 Å². The first kappa shape index (κ1) is 22.4. The fourth-order valence-electron chi connectivity index (χ4n) is 3.43. The maximum atomic E-state index is 15.1. The second-order valence-corrected chi connectivity index (χ2v) is 7.65. The van der Waals surface area contributed by atoms with Crippen molar-refractivity contribution in [2.24, 2.45) is 0 Å². The van der Waals surface area contributed by atoms with E-state index >= 15 is 4.39 Å². The van der Waals surface area contributed by atoms with Gasteiger partial charge >= 0.3 is 0 Å². The molecule has 2 heterocycles. The Morgan fingerprint density at radius 1 is 1.18 bits per heavy atom. The largest absolute Gasteiger partial charge is 0.383 e. The number of nitriles is 1. The van der Waals surface area contributed by atoms with Crippen LogP contribution in [-0.2, 0) is 11.3 Å². The molecular weight excluding hydrogens is 445 g/mol. The van der Waals surface area contributed by atoms with Crippen LogP contribution >= 0.6 is 11.6 Å². The fraction of sp³-hybridized carbons (Fsp3) is 0.167. The minimum Gasteiger partial charge on any atom is -0.383 e. The van der Waals surface area contributed by atoms with Gasteiger partial charge in [-0.05, 0) is 29.8 Å². The minimum absolute atomic E-state index is 0.0852. The molecule has 0 spiro atoms. The lowest BCUT2D eigenvalue weighted by atomic mass is 10.1. The molecular formula is C24H19ClFN5O2. The van der Waals surface area contributed by atoms with Gasteiger partial charge in [-0.2, -0.15) is 14.8 Å². The molecule has 0 aliphatic carbocycles. The number of halogens is 2. The van der Waals surface area contributed by atoms with Crippen molar-refractivity contribution in [3.05, 3.63) is 87.0 Å². The minimum atomic E-state index is -0.763. The van der Waals surface area contributed by atoms with Crippen molar-refractivity contribution in [2.45, 2.75) is 6.54 Å². The van der Waals surface area contributed by atoms with Gasteiger partial charge in [-0.15, -0.1) is 0 Å². The van der Waals surface area contributed by atoms with Gasteiger partial charge in [-0.3, -0.25) is 4.79 Å². The van der Waals surface area contributed by atoms with Crippen LogP contribution in [0.5, 0.6) is 0 Å². The van der Waals surface area contributed by atoms with Gasteiger partial charge in [0.05, 0.1) is 40.8 Å². The molecule has 0 aliphatic rings. The van der Waals surface area contributed by atoms with E-state index in [-0.39, 0.29) is 34.2 Å². The smallest absolute Gasteiger partial charge is 0.274 e. The molecule has 0 aliphatic heterocycles. The standard InChI is InChI=1S/C24H19ClFN5O2/c1-33-11-10-28-23-20(25)12-19(22(26)29-23)21-17-4-2-3-5-18(17)24(32)31(30-21)14-16-8-6-15(13-27)7-9-16/h2-9,12H,10-11,14H2,1H3,(H,28,29). The number of nitrogens with zero attached hydrogens (tertiary/aromatic N) is 4. The topological polar surface area (TPSA) is 92.8 Å². The van der Waals surface area contributed by atoms with Crippen LogP contribution in [0.2, 0.25) is 5.02 Å². The lowest BCUT2D eigenvalue weighted by Gasteiger charge is -2.13. The average molecular weight is 464 g/mol. The van der Waals surface area contributed by atoms with Gasteiger partial charge in [0.25, 0.3) is 5.56 Å². The summed E-state index contributed by atoms with van der Waals surface area (Å²) in [4.78, 5) is 17.0. The van der Waals surface area contributed by atoms with E-state index in [9.17, 15) is 4.79 Å². The summed E-state index contributed by atoms with van der Waals surface area (Å²) in [5.41, 5.74) is 1.33. The van der Waals surface area contributed by atoms with E-state index in [4.69, 9.17) is 21.6 Å². The van der Waals surface area contributed by atoms with Crippen molar-refractivity contribution in [2.75, 3.05) is 25.6 Å². The number of ether oxygens (including phenoxy) is 1. The Morgan fingerprint density at radius 2 is 1.91 bits per heavy atom. The number of fused-ring (bicyclic) bond motifs is 1. The summed E-state index contributed by atoms with van der Waals surface area (Å²) in [7, 11) is 1.56. The van der Waals surface area contributed by atoms with Gasteiger partial charge in [0.2, 0.25) is 5.95 Å². The third-order valence-corrected chi connectivity index (χ3v) is 5.35. The molecule has 4 aromatic rings. The molecule has 7 nitrogen and oxygen atoms in total. The van der Waals surface area contributed by atoms with Crippen LogP contribution < -0.4 is 10.9 Å². The number of pyridine rings is 1. The number of rotatable bonds is 7. The van der Waals surface area contributed by atoms with Crippen LogP contribution in [0.15, 0.2) is 59.4 Å². The van der Waals surface area contributed by atoms with Crippen molar-refractivity contribution in [1.82, 2.24) is 14.8 Å². The average Bonchev–Trinajstić information content (AvgIpc) is 2.83.